The van der Waals surface area contributed by atoms with Crippen LogP contribution >= 0.6 is 0 Å². The van der Waals surface area contributed by atoms with Crippen LogP contribution in [-0.2, 0) is 9.63 Å². The lowest BCUT2D eigenvalue weighted by molar-refractivity contribution is -0.132. The van der Waals surface area contributed by atoms with Crippen molar-refractivity contribution < 1.29 is 9.63 Å². The van der Waals surface area contributed by atoms with Crippen LogP contribution in [0.3, 0.4) is 0 Å². The maximum Gasteiger partial charge on any atom is 0.264 e. The van der Waals surface area contributed by atoms with Crippen LogP contribution < -0.4 is 5.32 Å². The molecular formula is C20H20N2O2. The summed E-state index contributed by atoms with van der Waals surface area (Å²) in [6, 6.07) is 20.1. The molecule has 24 heavy (non-hydrogen) atoms. The van der Waals surface area contributed by atoms with Crippen molar-refractivity contribution in [3.05, 3.63) is 71.8 Å². The molecule has 0 aromatic heterocycles. The van der Waals surface area contributed by atoms with E-state index in [1.807, 2.05) is 48.5 Å². The summed E-state index contributed by atoms with van der Waals surface area (Å²) in [6.45, 7) is 0. The van der Waals surface area contributed by atoms with Crippen LogP contribution in [0.5, 0.6) is 0 Å². The van der Waals surface area contributed by atoms with Gasteiger partial charge in [-0.15, -0.1) is 0 Å². The molecule has 1 aliphatic heterocycles. The van der Waals surface area contributed by atoms with Crippen LogP contribution in [0, 0.1) is 5.92 Å². The summed E-state index contributed by atoms with van der Waals surface area (Å²) < 4.78 is 0. The number of nitrogens with one attached hydrogen (secondary N) is 1. The molecule has 2 aromatic rings. The van der Waals surface area contributed by atoms with Crippen LogP contribution in [-0.4, -0.2) is 17.7 Å². The quantitative estimate of drug-likeness (QED) is 0.917. The molecule has 1 fully saturated rings. The second-order valence-electron chi connectivity index (χ2n) is 6.44. The van der Waals surface area contributed by atoms with E-state index in [0.717, 1.165) is 29.7 Å². The number of carbonyl (C=O) groups excluding carboxylic acids is 1. The largest absolute Gasteiger partial charge is 0.382 e. The zero-order valence-electron chi connectivity index (χ0n) is 13.4. The molecule has 2 aliphatic rings. The molecule has 2 atom stereocenters. The van der Waals surface area contributed by atoms with Gasteiger partial charge in [0.15, 0.2) is 0 Å². The number of hydrogen-bond donors (Lipinski definition) is 1. The van der Waals surface area contributed by atoms with Crippen molar-refractivity contribution in [3.8, 4) is 0 Å². The van der Waals surface area contributed by atoms with Gasteiger partial charge in [0.25, 0.3) is 5.91 Å². The highest BCUT2D eigenvalue weighted by Gasteiger charge is 2.36. The Morgan fingerprint density at radius 2 is 1.71 bits per heavy atom. The first kappa shape index (κ1) is 14.9. The molecule has 1 amide bonds. The van der Waals surface area contributed by atoms with E-state index in [4.69, 9.17) is 4.84 Å². The number of rotatable bonds is 5. The molecule has 122 valence electrons. The first-order chi connectivity index (χ1) is 11.8. The van der Waals surface area contributed by atoms with Gasteiger partial charge < -0.3 is 10.2 Å². The minimum Gasteiger partial charge on any atom is -0.382 e. The molecule has 0 radical (unpaired) electrons. The normalized spacial score (nSPS) is 20.8. The average molecular weight is 320 g/mol. The molecule has 0 saturated heterocycles. The monoisotopic (exact) mass is 320 g/mol. The number of benzene rings is 2. The second-order valence-corrected chi connectivity index (χ2v) is 6.44. The molecule has 0 spiro atoms. The number of nitrogens with zero attached hydrogens (tertiary/aromatic N) is 1. The van der Waals surface area contributed by atoms with Crippen molar-refractivity contribution >= 4 is 11.6 Å². The van der Waals surface area contributed by atoms with Gasteiger partial charge in [-0.25, -0.2) is 0 Å². The van der Waals surface area contributed by atoms with Gasteiger partial charge in [0.1, 0.15) is 0 Å². The standard InChI is InChI=1S/C20H20N2O2/c23-20(18-13-17(22-24-18)14-7-3-1-4-8-14)21-19(16-11-12-16)15-9-5-2-6-10-15/h1-10,16,18-19H,11-13H2,(H,21,23)/t18-,19-/m0/s1. The third-order valence-corrected chi connectivity index (χ3v) is 4.62. The second kappa shape index (κ2) is 6.48. The topological polar surface area (TPSA) is 50.7 Å². The van der Waals surface area contributed by atoms with Crippen molar-refractivity contribution in [2.45, 2.75) is 31.4 Å². The van der Waals surface area contributed by atoms with Crippen molar-refractivity contribution in [3.63, 3.8) is 0 Å². The Kier molecular flexibility index (Phi) is 4.03. The SMILES string of the molecule is O=C(N[C@@H](c1ccccc1)C1CC1)[C@@H]1CC(c2ccccc2)=NO1. The molecule has 2 aromatic carbocycles. The zero-order chi connectivity index (χ0) is 16.4. The third-order valence-electron chi connectivity index (χ3n) is 4.62. The predicted molar refractivity (Wildman–Crippen MR) is 92.5 cm³/mol. The van der Waals surface area contributed by atoms with Crippen LogP contribution in [0.1, 0.15) is 36.4 Å². The summed E-state index contributed by atoms with van der Waals surface area (Å²) in [7, 11) is 0. The van der Waals surface area contributed by atoms with E-state index in [1.54, 1.807) is 0 Å². The van der Waals surface area contributed by atoms with Crippen molar-refractivity contribution in [1.29, 1.82) is 0 Å². The molecule has 4 heteroatoms. The Morgan fingerprint density at radius 1 is 1.04 bits per heavy atom. The predicted octanol–water partition coefficient (Wildman–Crippen LogP) is 3.45. The first-order valence-electron chi connectivity index (χ1n) is 8.45. The van der Waals surface area contributed by atoms with E-state index in [-0.39, 0.29) is 11.9 Å². The van der Waals surface area contributed by atoms with Gasteiger partial charge in [-0.1, -0.05) is 65.8 Å². The number of hydrogen-bond acceptors (Lipinski definition) is 3. The van der Waals surface area contributed by atoms with E-state index >= 15 is 0 Å². The maximum atomic E-state index is 12.6. The number of carbonyl (C=O) groups is 1. The molecular weight excluding hydrogens is 300 g/mol. The van der Waals surface area contributed by atoms with Gasteiger partial charge in [-0.05, 0) is 29.9 Å². The highest BCUT2D eigenvalue weighted by Crippen LogP contribution is 2.41. The lowest BCUT2D eigenvalue weighted by atomic mass is 10.0. The van der Waals surface area contributed by atoms with Crippen LogP contribution in [0.2, 0.25) is 0 Å². The highest BCUT2D eigenvalue weighted by molar-refractivity contribution is 6.04. The summed E-state index contributed by atoms with van der Waals surface area (Å²) in [4.78, 5) is 18.0. The summed E-state index contributed by atoms with van der Waals surface area (Å²) in [5.41, 5.74) is 3.00. The van der Waals surface area contributed by atoms with Crippen LogP contribution in [0.4, 0.5) is 0 Å². The smallest absolute Gasteiger partial charge is 0.264 e. The summed E-state index contributed by atoms with van der Waals surface area (Å²) in [5.74, 6) is 0.456. The van der Waals surface area contributed by atoms with Crippen molar-refractivity contribution in [2.75, 3.05) is 0 Å². The van der Waals surface area contributed by atoms with Gasteiger partial charge >= 0.3 is 0 Å². The van der Waals surface area contributed by atoms with Gasteiger partial charge in [-0.2, -0.15) is 0 Å². The minimum atomic E-state index is -0.537. The Hall–Kier alpha value is -2.62. The van der Waals surface area contributed by atoms with Crippen LogP contribution in [0.25, 0.3) is 0 Å². The van der Waals surface area contributed by atoms with Crippen molar-refractivity contribution in [2.24, 2.45) is 11.1 Å². The van der Waals surface area contributed by atoms with E-state index < -0.39 is 6.10 Å². The molecule has 1 saturated carbocycles. The van der Waals surface area contributed by atoms with Gasteiger partial charge in [0.05, 0.1) is 11.8 Å². The summed E-state index contributed by atoms with van der Waals surface area (Å²) >= 11 is 0. The molecule has 1 aliphatic carbocycles. The lowest BCUT2D eigenvalue weighted by Gasteiger charge is -2.20. The van der Waals surface area contributed by atoms with E-state index in [0.29, 0.717) is 12.3 Å². The fourth-order valence-corrected chi connectivity index (χ4v) is 3.13. The zero-order valence-corrected chi connectivity index (χ0v) is 13.4. The molecule has 4 rings (SSSR count). The minimum absolute atomic E-state index is 0.0723. The highest BCUT2D eigenvalue weighted by atomic mass is 16.6. The fourth-order valence-electron chi connectivity index (χ4n) is 3.13. The average Bonchev–Trinajstić information content (AvgIpc) is 3.36. The summed E-state index contributed by atoms with van der Waals surface area (Å²) in [6.07, 6.45) is 2.31. The van der Waals surface area contributed by atoms with Crippen LogP contribution in [0.15, 0.2) is 65.8 Å². The van der Waals surface area contributed by atoms with Gasteiger partial charge in [0.2, 0.25) is 6.10 Å². The Morgan fingerprint density at radius 3 is 2.38 bits per heavy atom. The van der Waals surface area contributed by atoms with E-state index in [9.17, 15) is 4.79 Å². The van der Waals surface area contributed by atoms with E-state index in [2.05, 4.69) is 22.6 Å². The molecule has 1 N–H and O–H groups in total. The molecule has 1 heterocycles. The third kappa shape index (κ3) is 3.18. The lowest BCUT2D eigenvalue weighted by Crippen LogP contribution is -2.38. The number of amides is 1. The molecule has 4 nitrogen and oxygen atoms in total. The molecule has 0 unspecified atom stereocenters. The Balaban J connectivity index is 1.42. The Bertz CT molecular complexity index is 739. The van der Waals surface area contributed by atoms with Gasteiger partial charge in [0, 0.05) is 6.42 Å². The Labute approximate surface area is 141 Å². The van der Waals surface area contributed by atoms with E-state index in [1.165, 1.54) is 0 Å². The van der Waals surface area contributed by atoms with Crippen molar-refractivity contribution in [1.82, 2.24) is 5.32 Å². The first-order valence-corrected chi connectivity index (χ1v) is 8.45. The van der Waals surface area contributed by atoms with Gasteiger partial charge in [-0.3, -0.25) is 4.79 Å². The molecule has 0 bridgehead atoms. The number of oxime groups is 1. The summed E-state index contributed by atoms with van der Waals surface area (Å²) in [5, 5.41) is 7.28. The fraction of sp³-hybridized carbons (Fsp3) is 0.300. The maximum absolute atomic E-state index is 12.6.